The molecule has 0 spiro atoms. The third-order valence-corrected chi connectivity index (χ3v) is 3.67. The molecule has 0 saturated heterocycles. The third kappa shape index (κ3) is 2.23. The Labute approximate surface area is 128 Å². The van der Waals surface area contributed by atoms with E-state index in [4.69, 9.17) is 16.3 Å². The van der Waals surface area contributed by atoms with Crippen LogP contribution in [-0.4, -0.2) is 17.6 Å². The van der Waals surface area contributed by atoms with Gasteiger partial charge in [-0.1, -0.05) is 27.5 Å². The van der Waals surface area contributed by atoms with E-state index in [1.807, 2.05) is 6.07 Å². The highest BCUT2D eigenvalue weighted by Gasteiger charge is 2.29. The van der Waals surface area contributed by atoms with Crippen LogP contribution in [0.25, 0.3) is 0 Å². The van der Waals surface area contributed by atoms with Gasteiger partial charge in [-0.05, 0) is 36.4 Å². The number of hydrogen-bond acceptors (Lipinski definition) is 3. The summed E-state index contributed by atoms with van der Waals surface area (Å²) in [6, 6.07) is 9.91. The van der Waals surface area contributed by atoms with Gasteiger partial charge in [0.2, 0.25) is 0 Å². The van der Waals surface area contributed by atoms with Gasteiger partial charge in [0.15, 0.2) is 6.61 Å². The number of ether oxygens (including phenoxy) is 1. The molecule has 6 heteroatoms. The lowest BCUT2D eigenvalue weighted by Crippen LogP contribution is -2.35. The third-order valence-electron chi connectivity index (χ3n) is 2.94. The molecule has 102 valence electrons. The lowest BCUT2D eigenvalue weighted by Gasteiger charge is -2.30. The summed E-state index contributed by atoms with van der Waals surface area (Å²) in [7, 11) is 0. The quantitative estimate of drug-likeness (QED) is 0.846. The first-order valence-electron chi connectivity index (χ1n) is 5.80. The van der Waals surface area contributed by atoms with Crippen LogP contribution in [-0.2, 0) is 4.79 Å². The number of aromatic hydroxyl groups is 1. The van der Waals surface area contributed by atoms with E-state index in [9.17, 15) is 9.90 Å². The molecular formula is C14H9BrClNO3. The monoisotopic (exact) mass is 353 g/mol. The van der Waals surface area contributed by atoms with Crippen molar-refractivity contribution in [2.24, 2.45) is 0 Å². The number of anilines is 2. The molecular weight excluding hydrogens is 346 g/mol. The minimum Gasteiger partial charge on any atom is -0.506 e. The molecule has 1 N–H and O–H groups in total. The van der Waals surface area contributed by atoms with Gasteiger partial charge in [-0.25, -0.2) is 0 Å². The predicted octanol–water partition coefficient (Wildman–Crippen LogP) is 3.87. The van der Waals surface area contributed by atoms with Crippen LogP contribution in [0.2, 0.25) is 5.02 Å². The van der Waals surface area contributed by atoms with Gasteiger partial charge in [0.1, 0.15) is 11.5 Å². The molecule has 1 amide bonds. The Balaban J connectivity index is 2.20. The Morgan fingerprint density at radius 1 is 1.20 bits per heavy atom. The molecule has 1 aliphatic heterocycles. The first kappa shape index (κ1) is 13.3. The summed E-state index contributed by atoms with van der Waals surface area (Å²) < 4.78 is 6.19. The molecule has 1 aliphatic rings. The van der Waals surface area contributed by atoms with E-state index in [0.717, 1.165) is 4.47 Å². The predicted molar refractivity (Wildman–Crippen MR) is 79.9 cm³/mol. The van der Waals surface area contributed by atoms with E-state index in [2.05, 4.69) is 15.9 Å². The highest BCUT2D eigenvalue weighted by molar-refractivity contribution is 9.10. The second kappa shape index (κ2) is 5.00. The van der Waals surface area contributed by atoms with Crippen molar-refractivity contribution in [2.45, 2.75) is 0 Å². The van der Waals surface area contributed by atoms with Gasteiger partial charge in [-0.2, -0.15) is 0 Å². The first-order chi connectivity index (χ1) is 9.56. The second-order valence-electron chi connectivity index (χ2n) is 4.26. The van der Waals surface area contributed by atoms with Gasteiger partial charge in [-0.15, -0.1) is 0 Å². The summed E-state index contributed by atoms with van der Waals surface area (Å²) >= 11 is 9.31. The van der Waals surface area contributed by atoms with Crippen LogP contribution >= 0.6 is 27.5 Å². The Bertz CT molecular complexity index is 705. The normalized spacial score (nSPS) is 13.9. The van der Waals surface area contributed by atoms with E-state index in [1.54, 1.807) is 24.3 Å². The summed E-state index contributed by atoms with van der Waals surface area (Å²) in [4.78, 5) is 13.6. The minimum atomic E-state index is -0.270. The topological polar surface area (TPSA) is 49.8 Å². The van der Waals surface area contributed by atoms with Gasteiger partial charge >= 0.3 is 0 Å². The van der Waals surface area contributed by atoms with Crippen molar-refractivity contribution in [1.29, 1.82) is 0 Å². The van der Waals surface area contributed by atoms with E-state index >= 15 is 0 Å². The standard InChI is InChI=1S/C14H9BrClNO3/c15-8-1-4-13-11(5-8)17(14(19)7-20-13)10-6-9(16)2-3-12(10)18/h1-6,18H,7H2. The summed E-state index contributed by atoms with van der Waals surface area (Å²) in [5.41, 5.74) is 0.901. The number of hydrogen-bond donors (Lipinski definition) is 1. The Kier molecular flexibility index (Phi) is 3.31. The lowest BCUT2D eigenvalue weighted by atomic mass is 10.2. The zero-order chi connectivity index (χ0) is 14.3. The van der Waals surface area contributed by atoms with Gasteiger partial charge < -0.3 is 9.84 Å². The fraction of sp³-hybridized carbons (Fsp3) is 0.0714. The highest BCUT2D eigenvalue weighted by atomic mass is 79.9. The number of nitrogens with zero attached hydrogens (tertiary/aromatic N) is 1. The number of carbonyl (C=O) groups excluding carboxylic acids is 1. The molecule has 1 heterocycles. The highest BCUT2D eigenvalue weighted by Crippen LogP contribution is 2.42. The molecule has 3 rings (SSSR count). The van der Waals surface area contributed by atoms with Gasteiger partial charge in [0.25, 0.3) is 5.91 Å². The summed E-state index contributed by atoms with van der Waals surface area (Å²) in [5.74, 6) is 0.288. The molecule has 0 radical (unpaired) electrons. The SMILES string of the molecule is O=C1COc2ccc(Br)cc2N1c1cc(Cl)ccc1O. The van der Waals surface area contributed by atoms with E-state index < -0.39 is 0 Å². The van der Waals surface area contributed by atoms with Crippen LogP contribution in [0.15, 0.2) is 40.9 Å². The van der Waals surface area contributed by atoms with Crippen LogP contribution in [0.3, 0.4) is 0 Å². The molecule has 0 atom stereocenters. The average molecular weight is 355 g/mol. The average Bonchev–Trinajstić information content (AvgIpc) is 2.42. The molecule has 20 heavy (non-hydrogen) atoms. The smallest absolute Gasteiger partial charge is 0.269 e. The Hall–Kier alpha value is -1.72. The van der Waals surface area contributed by atoms with Crippen LogP contribution < -0.4 is 9.64 Å². The van der Waals surface area contributed by atoms with Crippen LogP contribution in [0.4, 0.5) is 11.4 Å². The molecule has 0 aliphatic carbocycles. The van der Waals surface area contributed by atoms with E-state index in [1.165, 1.54) is 11.0 Å². The number of fused-ring (bicyclic) bond motifs is 1. The maximum atomic E-state index is 12.2. The van der Waals surface area contributed by atoms with Crippen molar-refractivity contribution in [3.05, 3.63) is 45.9 Å². The molecule has 0 fully saturated rings. The number of amides is 1. The maximum Gasteiger partial charge on any atom is 0.269 e. The molecule has 0 saturated carbocycles. The van der Waals surface area contributed by atoms with E-state index in [-0.39, 0.29) is 18.3 Å². The number of rotatable bonds is 1. The summed E-state index contributed by atoms with van der Waals surface area (Å²) in [5, 5.41) is 10.4. The molecule has 4 nitrogen and oxygen atoms in total. The number of benzene rings is 2. The number of phenols is 1. The van der Waals surface area contributed by atoms with Crippen LogP contribution in [0.1, 0.15) is 0 Å². The van der Waals surface area contributed by atoms with Gasteiger partial charge in [0, 0.05) is 9.50 Å². The molecule has 2 aromatic carbocycles. The first-order valence-corrected chi connectivity index (χ1v) is 6.97. The summed E-state index contributed by atoms with van der Waals surface area (Å²) in [6.07, 6.45) is 0. The molecule has 2 aromatic rings. The number of phenolic OH excluding ortho intramolecular Hbond substituents is 1. The van der Waals surface area contributed by atoms with Crippen molar-refractivity contribution in [3.8, 4) is 11.5 Å². The fourth-order valence-corrected chi connectivity index (χ4v) is 2.58. The van der Waals surface area contributed by atoms with Crippen molar-refractivity contribution in [1.82, 2.24) is 0 Å². The number of carbonyl (C=O) groups is 1. The molecule has 0 unspecified atom stereocenters. The fourth-order valence-electron chi connectivity index (χ4n) is 2.07. The van der Waals surface area contributed by atoms with Gasteiger partial charge in [-0.3, -0.25) is 9.69 Å². The largest absolute Gasteiger partial charge is 0.506 e. The van der Waals surface area contributed by atoms with E-state index in [0.29, 0.717) is 22.1 Å². The molecule has 0 aromatic heterocycles. The van der Waals surface area contributed by atoms with Crippen molar-refractivity contribution >= 4 is 44.8 Å². The molecule has 0 bridgehead atoms. The zero-order valence-electron chi connectivity index (χ0n) is 10.1. The maximum absolute atomic E-state index is 12.2. The van der Waals surface area contributed by atoms with Crippen LogP contribution in [0.5, 0.6) is 11.5 Å². The lowest BCUT2D eigenvalue weighted by molar-refractivity contribution is -0.120. The summed E-state index contributed by atoms with van der Waals surface area (Å²) in [6.45, 7) is -0.0828. The van der Waals surface area contributed by atoms with Crippen LogP contribution in [0, 0.1) is 0 Å². The van der Waals surface area contributed by atoms with Crippen molar-refractivity contribution in [2.75, 3.05) is 11.5 Å². The Morgan fingerprint density at radius 2 is 2.00 bits per heavy atom. The Morgan fingerprint density at radius 3 is 2.80 bits per heavy atom. The zero-order valence-corrected chi connectivity index (χ0v) is 12.5. The van der Waals surface area contributed by atoms with Gasteiger partial charge in [0.05, 0.1) is 11.4 Å². The minimum absolute atomic E-state index is 0.0180. The number of halogens is 2. The van der Waals surface area contributed by atoms with Crippen molar-refractivity contribution in [3.63, 3.8) is 0 Å². The second-order valence-corrected chi connectivity index (χ2v) is 5.62. The van der Waals surface area contributed by atoms with Crippen molar-refractivity contribution < 1.29 is 14.6 Å².